The van der Waals surface area contributed by atoms with Crippen molar-refractivity contribution >= 4 is 16.8 Å². The van der Waals surface area contributed by atoms with E-state index in [4.69, 9.17) is 0 Å². The molecule has 0 saturated heterocycles. The Kier molecular flexibility index (Phi) is 2.39. The molecular formula is C14H16N2O. The predicted octanol–water partition coefficient (Wildman–Crippen LogP) is 2.30. The zero-order valence-corrected chi connectivity index (χ0v) is 9.92. The first-order valence-corrected chi connectivity index (χ1v) is 6.09. The molecule has 88 valence electrons. The first-order chi connectivity index (χ1) is 8.24. The summed E-state index contributed by atoms with van der Waals surface area (Å²) in [6.07, 6.45) is 4.70. The van der Waals surface area contributed by atoms with Gasteiger partial charge in [0.2, 0.25) is 5.91 Å². The van der Waals surface area contributed by atoms with Crippen LogP contribution in [0.3, 0.4) is 0 Å². The number of H-pyrrole nitrogens is 1. The van der Waals surface area contributed by atoms with Gasteiger partial charge in [0.1, 0.15) is 0 Å². The molecule has 1 saturated carbocycles. The first kappa shape index (κ1) is 10.4. The fraction of sp³-hybridized carbons (Fsp3) is 0.357. The Morgan fingerprint density at radius 3 is 3.06 bits per heavy atom. The smallest absolute Gasteiger partial charge is 0.224 e. The largest absolute Gasteiger partial charge is 0.361 e. The van der Waals surface area contributed by atoms with Crippen molar-refractivity contribution in [1.82, 2.24) is 10.3 Å². The van der Waals surface area contributed by atoms with Crippen LogP contribution in [0, 0.1) is 6.92 Å². The minimum atomic E-state index is 0.136. The van der Waals surface area contributed by atoms with Gasteiger partial charge in [0, 0.05) is 23.1 Å². The van der Waals surface area contributed by atoms with Crippen LogP contribution in [0.1, 0.15) is 24.0 Å². The molecular weight excluding hydrogens is 212 g/mol. The summed E-state index contributed by atoms with van der Waals surface area (Å²) in [5, 5.41) is 4.22. The van der Waals surface area contributed by atoms with E-state index < -0.39 is 0 Å². The zero-order chi connectivity index (χ0) is 11.8. The molecule has 0 radical (unpaired) electrons. The van der Waals surface area contributed by atoms with Crippen LogP contribution in [0.2, 0.25) is 0 Å². The lowest BCUT2D eigenvalue weighted by atomic mass is 10.1. The summed E-state index contributed by atoms with van der Waals surface area (Å²) in [5.74, 6) is 0.136. The number of carbonyl (C=O) groups excluding carboxylic acids is 1. The summed E-state index contributed by atoms with van der Waals surface area (Å²) in [6, 6.07) is 6.60. The van der Waals surface area contributed by atoms with Crippen molar-refractivity contribution in [2.45, 2.75) is 32.2 Å². The Bertz CT molecular complexity index is 567. The molecule has 0 unspecified atom stereocenters. The Hall–Kier alpha value is -1.77. The Labute approximate surface area is 100 Å². The topological polar surface area (TPSA) is 44.9 Å². The molecule has 0 aliphatic heterocycles. The van der Waals surface area contributed by atoms with Crippen LogP contribution in [0.5, 0.6) is 0 Å². The normalized spacial score (nSPS) is 15.1. The van der Waals surface area contributed by atoms with Gasteiger partial charge in [-0.15, -0.1) is 0 Å². The lowest BCUT2D eigenvalue weighted by Crippen LogP contribution is -2.26. The summed E-state index contributed by atoms with van der Waals surface area (Å²) in [4.78, 5) is 15.0. The number of carbonyl (C=O) groups is 1. The van der Waals surface area contributed by atoms with Crippen molar-refractivity contribution in [2.24, 2.45) is 0 Å². The second-order valence-electron chi connectivity index (χ2n) is 4.83. The highest BCUT2D eigenvalue weighted by molar-refractivity contribution is 5.91. The molecule has 1 aliphatic carbocycles. The van der Waals surface area contributed by atoms with E-state index >= 15 is 0 Å². The summed E-state index contributed by atoms with van der Waals surface area (Å²) in [7, 11) is 0. The highest BCUT2D eigenvalue weighted by atomic mass is 16.1. The van der Waals surface area contributed by atoms with Gasteiger partial charge in [0.25, 0.3) is 0 Å². The number of fused-ring (bicyclic) bond motifs is 1. The van der Waals surface area contributed by atoms with Crippen LogP contribution in [-0.4, -0.2) is 16.9 Å². The average molecular weight is 228 g/mol. The molecule has 1 heterocycles. The Balaban J connectivity index is 1.86. The number of aryl methyl sites for hydroxylation is 1. The highest BCUT2D eigenvalue weighted by Gasteiger charge is 2.23. The molecule has 0 spiro atoms. The Morgan fingerprint density at radius 2 is 2.29 bits per heavy atom. The van der Waals surface area contributed by atoms with E-state index in [2.05, 4.69) is 23.3 Å². The van der Waals surface area contributed by atoms with Crippen LogP contribution >= 0.6 is 0 Å². The van der Waals surface area contributed by atoms with Crippen molar-refractivity contribution in [1.29, 1.82) is 0 Å². The number of hydrogen-bond acceptors (Lipinski definition) is 1. The molecule has 1 fully saturated rings. The van der Waals surface area contributed by atoms with Crippen molar-refractivity contribution in [3.05, 3.63) is 35.5 Å². The molecule has 2 N–H and O–H groups in total. The third kappa shape index (κ3) is 2.05. The van der Waals surface area contributed by atoms with E-state index in [1.165, 1.54) is 10.9 Å². The van der Waals surface area contributed by atoms with Crippen LogP contribution in [0.4, 0.5) is 0 Å². The van der Waals surface area contributed by atoms with E-state index in [1.807, 2.05) is 18.3 Å². The molecule has 3 heteroatoms. The number of nitrogens with one attached hydrogen (secondary N) is 2. The maximum atomic E-state index is 11.8. The summed E-state index contributed by atoms with van der Waals surface area (Å²) < 4.78 is 0. The van der Waals surface area contributed by atoms with Crippen LogP contribution < -0.4 is 5.32 Å². The standard InChI is InChI=1S/C14H16N2O/c1-9-3-2-4-12-14(9)10(8-15-12)7-13(17)16-11-5-6-11/h2-4,8,11,15H,5-7H2,1H3,(H,16,17). The SMILES string of the molecule is Cc1cccc2[nH]cc(CC(=O)NC3CC3)c12. The maximum Gasteiger partial charge on any atom is 0.224 e. The fourth-order valence-electron chi connectivity index (χ4n) is 2.27. The van der Waals surface area contributed by atoms with Crippen molar-refractivity contribution in [3.8, 4) is 0 Å². The summed E-state index contributed by atoms with van der Waals surface area (Å²) >= 11 is 0. The van der Waals surface area contributed by atoms with Gasteiger partial charge >= 0.3 is 0 Å². The van der Waals surface area contributed by atoms with Gasteiger partial charge < -0.3 is 10.3 Å². The van der Waals surface area contributed by atoms with Gasteiger partial charge in [-0.1, -0.05) is 12.1 Å². The molecule has 2 aromatic rings. The number of amides is 1. The highest BCUT2D eigenvalue weighted by Crippen LogP contribution is 2.23. The molecule has 0 bridgehead atoms. The third-order valence-corrected chi connectivity index (χ3v) is 3.29. The van der Waals surface area contributed by atoms with E-state index in [-0.39, 0.29) is 5.91 Å². The van der Waals surface area contributed by atoms with Crippen LogP contribution in [0.25, 0.3) is 10.9 Å². The molecule has 1 aromatic heterocycles. The minimum absolute atomic E-state index is 0.136. The van der Waals surface area contributed by atoms with Crippen LogP contribution in [-0.2, 0) is 11.2 Å². The van der Waals surface area contributed by atoms with Gasteiger partial charge in [-0.3, -0.25) is 4.79 Å². The van der Waals surface area contributed by atoms with Gasteiger partial charge in [0.15, 0.2) is 0 Å². The summed E-state index contributed by atoms with van der Waals surface area (Å²) in [5.41, 5.74) is 3.42. The third-order valence-electron chi connectivity index (χ3n) is 3.29. The van der Waals surface area contributed by atoms with Gasteiger partial charge in [-0.2, -0.15) is 0 Å². The Morgan fingerprint density at radius 1 is 1.47 bits per heavy atom. The second-order valence-corrected chi connectivity index (χ2v) is 4.83. The first-order valence-electron chi connectivity index (χ1n) is 6.09. The lowest BCUT2D eigenvalue weighted by Gasteiger charge is -2.03. The van der Waals surface area contributed by atoms with Gasteiger partial charge in [-0.05, 0) is 37.0 Å². The monoisotopic (exact) mass is 228 g/mol. The number of aromatic nitrogens is 1. The van der Waals surface area contributed by atoms with E-state index in [0.717, 1.165) is 23.9 Å². The number of rotatable bonds is 3. The average Bonchev–Trinajstić information content (AvgIpc) is 3.00. The van der Waals surface area contributed by atoms with E-state index in [1.54, 1.807) is 0 Å². The van der Waals surface area contributed by atoms with Crippen molar-refractivity contribution < 1.29 is 4.79 Å². The van der Waals surface area contributed by atoms with E-state index in [0.29, 0.717) is 12.5 Å². The maximum absolute atomic E-state index is 11.8. The molecule has 1 amide bonds. The van der Waals surface area contributed by atoms with Crippen LogP contribution in [0.15, 0.2) is 24.4 Å². The zero-order valence-electron chi connectivity index (χ0n) is 9.92. The number of benzene rings is 1. The molecule has 1 aliphatic rings. The molecule has 17 heavy (non-hydrogen) atoms. The van der Waals surface area contributed by atoms with Gasteiger partial charge in [0.05, 0.1) is 6.42 Å². The minimum Gasteiger partial charge on any atom is -0.361 e. The molecule has 3 rings (SSSR count). The molecule has 1 aromatic carbocycles. The quantitative estimate of drug-likeness (QED) is 0.831. The van der Waals surface area contributed by atoms with E-state index in [9.17, 15) is 4.79 Å². The van der Waals surface area contributed by atoms with Crippen molar-refractivity contribution in [3.63, 3.8) is 0 Å². The second kappa shape index (κ2) is 3.91. The van der Waals surface area contributed by atoms with Crippen molar-refractivity contribution in [2.75, 3.05) is 0 Å². The molecule has 3 nitrogen and oxygen atoms in total. The lowest BCUT2D eigenvalue weighted by molar-refractivity contribution is -0.120. The number of hydrogen-bond donors (Lipinski definition) is 2. The molecule has 0 atom stereocenters. The fourth-order valence-corrected chi connectivity index (χ4v) is 2.27. The summed E-state index contributed by atoms with van der Waals surface area (Å²) in [6.45, 7) is 2.08. The predicted molar refractivity (Wildman–Crippen MR) is 67.9 cm³/mol. The van der Waals surface area contributed by atoms with Gasteiger partial charge in [-0.25, -0.2) is 0 Å². The number of aromatic amines is 1.